The average Bonchev–Trinajstić information content (AvgIpc) is 3.21. The number of aryl methyl sites for hydroxylation is 3. The number of nitrogens with one attached hydrogen (secondary N) is 1. The van der Waals surface area contributed by atoms with E-state index in [9.17, 15) is 18.0 Å². The van der Waals surface area contributed by atoms with Gasteiger partial charge in [0.05, 0.1) is 17.5 Å². The normalized spacial score (nSPS) is 11.6. The maximum Gasteiger partial charge on any atom is 0.433 e. The van der Waals surface area contributed by atoms with E-state index in [0.29, 0.717) is 5.69 Å². The Hall–Kier alpha value is -2.68. The van der Waals surface area contributed by atoms with Gasteiger partial charge in [-0.15, -0.1) is 11.3 Å². The number of nitrogens with zero attached hydrogens (tertiary/aromatic N) is 3. The SMILES string of the molecule is CCn1ncc(C(=O)Nc2nc(-c3ccc(C)cc3C)cs2)c1C(F)(F)F. The maximum absolute atomic E-state index is 13.3. The summed E-state index contributed by atoms with van der Waals surface area (Å²) in [6.07, 6.45) is -3.74. The fourth-order valence-electron chi connectivity index (χ4n) is 2.81. The molecule has 0 fully saturated rings. The molecule has 0 spiro atoms. The van der Waals surface area contributed by atoms with E-state index in [0.717, 1.165) is 38.9 Å². The van der Waals surface area contributed by atoms with Gasteiger partial charge in [-0.2, -0.15) is 18.3 Å². The summed E-state index contributed by atoms with van der Waals surface area (Å²) in [6.45, 7) is 5.48. The van der Waals surface area contributed by atoms with E-state index in [1.54, 1.807) is 5.38 Å². The molecule has 1 aromatic carbocycles. The Bertz CT molecular complexity index is 991. The minimum absolute atomic E-state index is 0.0101. The molecule has 0 aliphatic rings. The molecule has 0 atom stereocenters. The highest BCUT2D eigenvalue weighted by Gasteiger charge is 2.39. The number of anilines is 1. The first-order valence-corrected chi connectivity index (χ1v) is 9.06. The summed E-state index contributed by atoms with van der Waals surface area (Å²) in [5.41, 5.74) is 2.14. The summed E-state index contributed by atoms with van der Waals surface area (Å²) in [7, 11) is 0. The molecule has 3 rings (SSSR count). The Morgan fingerprint density at radius 2 is 2.04 bits per heavy atom. The maximum atomic E-state index is 13.3. The first-order chi connectivity index (χ1) is 12.7. The molecule has 0 saturated carbocycles. The third-order valence-electron chi connectivity index (χ3n) is 4.03. The molecule has 27 heavy (non-hydrogen) atoms. The van der Waals surface area contributed by atoms with Crippen molar-refractivity contribution in [3.05, 3.63) is 52.2 Å². The number of aromatic nitrogens is 3. The summed E-state index contributed by atoms with van der Waals surface area (Å²) in [4.78, 5) is 16.7. The van der Waals surface area contributed by atoms with Crippen molar-refractivity contribution >= 4 is 22.4 Å². The molecule has 1 N–H and O–H groups in total. The predicted molar refractivity (Wildman–Crippen MR) is 97.9 cm³/mol. The third kappa shape index (κ3) is 3.87. The second-order valence-corrected chi connectivity index (χ2v) is 6.89. The zero-order valence-corrected chi connectivity index (χ0v) is 15.7. The lowest BCUT2D eigenvalue weighted by molar-refractivity contribution is -0.144. The van der Waals surface area contributed by atoms with Crippen molar-refractivity contribution in [2.24, 2.45) is 0 Å². The van der Waals surface area contributed by atoms with E-state index in [2.05, 4.69) is 15.4 Å². The van der Waals surface area contributed by atoms with Crippen LogP contribution in [0.3, 0.4) is 0 Å². The molecule has 0 unspecified atom stereocenters. The van der Waals surface area contributed by atoms with Crippen LogP contribution in [0.4, 0.5) is 18.3 Å². The molecule has 0 bridgehead atoms. The Morgan fingerprint density at radius 1 is 1.30 bits per heavy atom. The smallest absolute Gasteiger partial charge is 0.298 e. The van der Waals surface area contributed by atoms with Gasteiger partial charge in [0.2, 0.25) is 0 Å². The van der Waals surface area contributed by atoms with Gasteiger partial charge < -0.3 is 0 Å². The lowest BCUT2D eigenvalue weighted by atomic mass is 10.0. The first-order valence-electron chi connectivity index (χ1n) is 8.18. The average molecular weight is 394 g/mol. The summed E-state index contributed by atoms with van der Waals surface area (Å²) < 4.78 is 40.6. The van der Waals surface area contributed by atoms with Crippen LogP contribution in [0.2, 0.25) is 0 Å². The van der Waals surface area contributed by atoms with E-state index in [4.69, 9.17) is 0 Å². The molecule has 2 aromatic heterocycles. The van der Waals surface area contributed by atoms with Crippen molar-refractivity contribution in [2.75, 3.05) is 5.32 Å². The molecule has 0 aliphatic heterocycles. The van der Waals surface area contributed by atoms with Crippen LogP contribution < -0.4 is 5.32 Å². The minimum Gasteiger partial charge on any atom is -0.298 e. The zero-order chi connectivity index (χ0) is 19.8. The molecule has 0 radical (unpaired) electrons. The van der Waals surface area contributed by atoms with Crippen molar-refractivity contribution in [3.63, 3.8) is 0 Å². The van der Waals surface area contributed by atoms with Crippen molar-refractivity contribution in [3.8, 4) is 11.3 Å². The van der Waals surface area contributed by atoms with Crippen LogP contribution in [-0.2, 0) is 12.7 Å². The number of carbonyl (C=O) groups is 1. The highest BCUT2D eigenvalue weighted by Crippen LogP contribution is 2.33. The number of thiazole rings is 1. The number of hydrogen-bond acceptors (Lipinski definition) is 4. The van der Waals surface area contributed by atoms with Crippen molar-refractivity contribution in [1.82, 2.24) is 14.8 Å². The van der Waals surface area contributed by atoms with Gasteiger partial charge in [0.25, 0.3) is 5.91 Å². The molecule has 0 aliphatic carbocycles. The van der Waals surface area contributed by atoms with Crippen LogP contribution in [0.1, 0.15) is 34.1 Å². The van der Waals surface area contributed by atoms with Gasteiger partial charge in [-0.05, 0) is 26.3 Å². The molecule has 142 valence electrons. The van der Waals surface area contributed by atoms with E-state index < -0.39 is 23.3 Å². The first kappa shape index (κ1) is 19.1. The van der Waals surface area contributed by atoms with Crippen molar-refractivity contribution < 1.29 is 18.0 Å². The predicted octanol–water partition coefficient (Wildman–Crippen LogP) is 4.91. The Labute approximate surface area is 157 Å². The molecule has 1 amide bonds. The number of alkyl halides is 3. The minimum atomic E-state index is -4.67. The number of amides is 1. The highest BCUT2D eigenvalue weighted by molar-refractivity contribution is 7.14. The fraction of sp³-hybridized carbons (Fsp3) is 0.278. The highest BCUT2D eigenvalue weighted by atomic mass is 32.1. The van der Waals surface area contributed by atoms with E-state index >= 15 is 0 Å². The third-order valence-corrected chi connectivity index (χ3v) is 4.79. The van der Waals surface area contributed by atoms with Gasteiger partial charge in [-0.1, -0.05) is 23.8 Å². The van der Waals surface area contributed by atoms with E-state index in [1.165, 1.54) is 6.92 Å². The Balaban J connectivity index is 1.86. The number of carbonyl (C=O) groups excluding carboxylic acids is 1. The summed E-state index contributed by atoms with van der Waals surface area (Å²) >= 11 is 1.15. The molecule has 2 heterocycles. The number of rotatable bonds is 4. The van der Waals surface area contributed by atoms with Crippen molar-refractivity contribution in [1.29, 1.82) is 0 Å². The van der Waals surface area contributed by atoms with Gasteiger partial charge in [0.15, 0.2) is 10.8 Å². The summed E-state index contributed by atoms with van der Waals surface area (Å²) in [5, 5.41) is 8.09. The van der Waals surface area contributed by atoms with Crippen LogP contribution >= 0.6 is 11.3 Å². The van der Waals surface area contributed by atoms with Crippen LogP contribution in [0, 0.1) is 13.8 Å². The van der Waals surface area contributed by atoms with Crippen molar-refractivity contribution in [2.45, 2.75) is 33.5 Å². The summed E-state index contributed by atoms with van der Waals surface area (Å²) in [6, 6.07) is 5.90. The largest absolute Gasteiger partial charge is 0.433 e. The number of benzene rings is 1. The van der Waals surface area contributed by atoms with Gasteiger partial charge >= 0.3 is 6.18 Å². The zero-order valence-electron chi connectivity index (χ0n) is 14.9. The quantitative estimate of drug-likeness (QED) is 0.684. The molecular weight excluding hydrogens is 377 g/mol. The van der Waals surface area contributed by atoms with Crippen LogP contribution in [-0.4, -0.2) is 20.7 Å². The molecule has 3 aromatic rings. The summed E-state index contributed by atoms with van der Waals surface area (Å²) in [5.74, 6) is -0.886. The lowest BCUT2D eigenvalue weighted by Gasteiger charge is -2.10. The van der Waals surface area contributed by atoms with Gasteiger partial charge in [-0.3, -0.25) is 14.8 Å². The molecular formula is C18H17F3N4OS. The second kappa shape index (κ2) is 7.15. The molecule has 9 heteroatoms. The van der Waals surface area contributed by atoms with E-state index in [-0.39, 0.29) is 11.7 Å². The Kier molecular flexibility index (Phi) is 5.05. The van der Waals surface area contributed by atoms with Gasteiger partial charge in [0, 0.05) is 17.5 Å². The Morgan fingerprint density at radius 3 is 2.67 bits per heavy atom. The lowest BCUT2D eigenvalue weighted by Crippen LogP contribution is -2.21. The van der Waals surface area contributed by atoms with E-state index in [1.807, 2.05) is 32.0 Å². The van der Waals surface area contributed by atoms with Gasteiger partial charge in [0.1, 0.15) is 0 Å². The fourth-order valence-corrected chi connectivity index (χ4v) is 3.52. The number of hydrogen-bond donors (Lipinski definition) is 1. The molecule has 5 nitrogen and oxygen atoms in total. The van der Waals surface area contributed by atoms with Crippen LogP contribution in [0.15, 0.2) is 29.8 Å². The monoisotopic (exact) mass is 394 g/mol. The topological polar surface area (TPSA) is 59.8 Å². The van der Waals surface area contributed by atoms with Gasteiger partial charge in [-0.25, -0.2) is 4.98 Å². The van der Waals surface area contributed by atoms with Crippen LogP contribution in [0.5, 0.6) is 0 Å². The molecule has 0 saturated heterocycles. The number of halogens is 3. The second-order valence-electron chi connectivity index (χ2n) is 6.03. The van der Waals surface area contributed by atoms with Crippen LogP contribution in [0.25, 0.3) is 11.3 Å². The standard InChI is InChI=1S/C18H17F3N4OS/c1-4-25-15(18(19,20)21)13(8-22-25)16(26)24-17-23-14(9-27-17)12-6-5-10(2)7-11(12)3/h5-9H,4H2,1-3H3,(H,23,24,26).